The normalized spacial score (nSPS) is 43.3. The third-order valence-electron chi connectivity index (χ3n) is 10.1. The predicted molar refractivity (Wildman–Crippen MR) is 127 cm³/mol. The number of carbonyl (C=O) groups is 2. The number of hydrogen-bond acceptors (Lipinski definition) is 6. The number of Topliss-reactive ketones (excluding diaryl/α,β-unsaturated/α-hetero) is 1. The molecule has 7 heteroatoms. The van der Waals surface area contributed by atoms with Gasteiger partial charge in [-0.05, 0) is 72.6 Å². The number of esters is 1. The Hall–Kier alpha value is -2.22. The first-order valence-corrected chi connectivity index (χ1v) is 12.8. The van der Waals surface area contributed by atoms with Crippen molar-refractivity contribution in [2.45, 2.75) is 70.8 Å². The number of nitrogens with zero attached hydrogens (tertiary/aromatic N) is 1. The Kier molecular flexibility index (Phi) is 4.75. The molecular weight excluding hydrogens is 446 g/mol. The van der Waals surface area contributed by atoms with Crippen molar-refractivity contribution < 1.29 is 29.6 Å². The van der Waals surface area contributed by atoms with Crippen molar-refractivity contribution >= 4 is 11.8 Å². The Bertz CT molecular complexity index is 1170. The molecular formula is C28H35NO6. The standard InChI is InChI=1S/C28H35NO6/c1-14-12-27-15(2)10-19-21(26(19,3)4)18(23(27)32)11-16(13-30)22(31)28(27,34)24(14)35-25(33)20-6-5-9-29(20)17-7-8-17/h5-6,9,11-12,15,17-19,21-22,24,30-31,34H,7-8,10,13H2,1-4H3/t15-,18+,19-,21+,22-,24+,27+,28+/m1/s1. The van der Waals surface area contributed by atoms with Crippen LogP contribution in [0.1, 0.15) is 63.5 Å². The third-order valence-corrected chi connectivity index (χ3v) is 10.1. The quantitative estimate of drug-likeness (QED) is 0.451. The van der Waals surface area contributed by atoms with Crippen LogP contribution < -0.4 is 0 Å². The van der Waals surface area contributed by atoms with Crippen LogP contribution >= 0.6 is 0 Å². The highest BCUT2D eigenvalue weighted by Gasteiger charge is 2.76. The molecule has 0 saturated heterocycles. The van der Waals surface area contributed by atoms with Gasteiger partial charge >= 0.3 is 5.97 Å². The molecule has 188 valence electrons. The van der Waals surface area contributed by atoms with Gasteiger partial charge in [0.2, 0.25) is 0 Å². The minimum atomic E-state index is -2.11. The van der Waals surface area contributed by atoms with Crippen LogP contribution in [0.25, 0.3) is 0 Å². The first-order chi connectivity index (χ1) is 16.5. The number of aliphatic hydroxyl groups is 3. The summed E-state index contributed by atoms with van der Waals surface area (Å²) >= 11 is 0. The Morgan fingerprint density at radius 3 is 2.66 bits per heavy atom. The summed E-state index contributed by atoms with van der Waals surface area (Å²) < 4.78 is 7.87. The number of allylic oxidation sites excluding steroid dienone is 1. The van der Waals surface area contributed by atoms with E-state index in [9.17, 15) is 24.9 Å². The van der Waals surface area contributed by atoms with Crippen molar-refractivity contribution in [3.05, 3.63) is 47.3 Å². The van der Waals surface area contributed by atoms with Crippen molar-refractivity contribution in [1.82, 2.24) is 4.57 Å². The zero-order valence-corrected chi connectivity index (χ0v) is 20.8. The molecule has 3 fully saturated rings. The lowest BCUT2D eigenvalue weighted by Gasteiger charge is -2.48. The number of ketones is 1. The summed E-state index contributed by atoms with van der Waals surface area (Å²) in [6.45, 7) is 7.55. The smallest absolute Gasteiger partial charge is 0.355 e. The zero-order chi connectivity index (χ0) is 25.1. The van der Waals surface area contributed by atoms with E-state index in [2.05, 4.69) is 13.8 Å². The van der Waals surface area contributed by atoms with Gasteiger partial charge in [-0.3, -0.25) is 4.79 Å². The van der Waals surface area contributed by atoms with Crippen molar-refractivity contribution in [3.63, 3.8) is 0 Å². The van der Waals surface area contributed by atoms with Gasteiger partial charge in [0, 0.05) is 18.2 Å². The maximum Gasteiger partial charge on any atom is 0.355 e. The van der Waals surface area contributed by atoms with Gasteiger partial charge in [0.25, 0.3) is 0 Å². The van der Waals surface area contributed by atoms with Gasteiger partial charge in [-0.2, -0.15) is 0 Å². The van der Waals surface area contributed by atoms with Crippen molar-refractivity contribution in [2.24, 2.45) is 34.5 Å². The maximum atomic E-state index is 14.4. The van der Waals surface area contributed by atoms with Crippen LogP contribution in [0.4, 0.5) is 0 Å². The Morgan fingerprint density at radius 1 is 1.29 bits per heavy atom. The number of carbonyl (C=O) groups excluding carboxylic acids is 2. The molecule has 8 atom stereocenters. The van der Waals surface area contributed by atoms with Gasteiger partial charge in [0.1, 0.15) is 11.8 Å². The molecule has 0 radical (unpaired) electrons. The van der Waals surface area contributed by atoms with E-state index in [1.165, 1.54) is 0 Å². The summed E-state index contributed by atoms with van der Waals surface area (Å²) in [6.07, 6.45) is 5.27. The lowest BCUT2D eigenvalue weighted by Crippen LogP contribution is -2.65. The van der Waals surface area contributed by atoms with Gasteiger partial charge in [-0.25, -0.2) is 4.79 Å². The molecule has 5 aliphatic rings. The fourth-order valence-corrected chi connectivity index (χ4v) is 8.00. The van der Waals surface area contributed by atoms with Crippen LogP contribution in [0.2, 0.25) is 0 Å². The first-order valence-electron chi connectivity index (χ1n) is 12.8. The monoisotopic (exact) mass is 481 g/mol. The van der Waals surface area contributed by atoms with Crippen LogP contribution in [0, 0.1) is 34.5 Å². The van der Waals surface area contributed by atoms with E-state index < -0.39 is 41.7 Å². The molecule has 35 heavy (non-hydrogen) atoms. The van der Waals surface area contributed by atoms with E-state index in [4.69, 9.17) is 4.74 Å². The van der Waals surface area contributed by atoms with Gasteiger partial charge in [-0.1, -0.05) is 32.9 Å². The van der Waals surface area contributed by atoms with E-state index in [0.717, 1.165) is 19.3 Å². The molecule has 0 unspecified atom stereocenters. The molecule has 7 nitrogen and oxygen atoms in total. The fraction of sp³-hybridized carbons (Fsp3) is 0.643. The largest absolute Gasteiger partial charge is 0.450 e. The molecule has 1 heterocycles. The molecule has 5 aliphatic carbocycles. The van der Waals surface area contributed by atoms with Crippen molar-refractivity contribution in [2.75, 3.05) is 6.61 Å². The molecule has 2 bridgehead atoms. The number of aromatic nitrogens is 1. The molecule has 3 saturated carbocycles. The Labute approximate surface area is 205 Å². The third kappa shape index (κ3) is 2.77. The number of rotatable bonds is 4. The zero-order valence-electron chi connectivity index (χ0n) is 20.8. The lowest BCUT2D eigenvalue weighted by atomic mass is 9.59. The topological polar surface area (TPSA) is 109 Å². The van der Waals surface area contributed by atoms with Gasteiger partial charge in [0.05, 0.1) is 12.0 Å². The van der Waals surface area contributed by atoms with Crippen LogP contribution in [-0.2, 0) is 9.53 Å². The number of fused-ring (bicyclic) bond motifs is 3. The first kappa shape index (κ1) is 23.2. The molecule has 0 amide bonds. The number of aliphatic hydroxyl groups excluding tert-OH is 2. The molecule has 0 aliphatic heterocycles. The van der Waals surface area contributed by atoms with Crippen LogP contribution in [0.5, 0.6) is 0 Å². The summed E-state index contributed by atoms with van der Waals surface area (Å²) in [6, 6.07) is 3.77. The van der Waals surface area contributed by atoms with E-state index in [1.807, 2.05) is 17.7 Å². The summed E-state index contributed by atoms with van der Waals surface area (Å²) in [7, 11) is 0. The van der Waals surface area contributed by atoms with Gasteiger partial charge < -0.3 is 24.6 Å². The summed E-state index contributed by atoms with van der Waals surface area (Å²) in [4.78, 5) is 27.7. The summed E-state index contributed by atoms with van der Waals surface area (Å²) in [5, 5.41) is 34.3. The maximum absolute atomic E-state index is 14.4. The highest BCUT2D eigenvalue weighted by Crippen LogP contribution is 2.71. The lowest BCUT2D eigenvalue weighted by molar-refractivity contribution is -0.190. The van der Waals surface area contributed by atoms with Crippen molar-refractivity contribution in [3.8, 4) is 0 Å². The van der Waals surface area contributed by atoms with Crippen LogP contribution in [0.15, 0.2) is 41.6 Å². The average molecular weight is 482 g/mol. The van der Waals surface area contributed by atoms with E-state index in [1.54, 1.807) is 31.2 Å². The van der Waals surface area contributed by atoms with E-state index in [0.29, 0.717) is 17.2 Å². The molecule has 0 aromatic carbocycles. The van der Waals surface area contributed by atoms with E-state index >= 15 is 0 Å². The number of ether oxygens (including phenoxy) is 1. The average Bonchev–Trinajstić information content (AvgIpc) is 3.66. The van der Waals surface area contributed by atoms with Gasteiger partial charge in [0.15, 0.2) is 17.5 Å². The van der Waals surface area contributed by atoms with Crippen LogP contribution in [0.3, 0.4) is 0 Å². The van der Waals surface area contributed by atoms with E-state index in [-0.39, 0.29) is 34.6 Å². The molecule has 6 rings (SSSR count). The fourth-order valence-electron chi connectivity index (χ4n) is 8.00. The van der Waals surface area contributed by atoms with Crippen molar-refractivity contribution in [1.29, 1.82) is 0 Å². The second-order valence-corrected chi connectivity index (χ2v) is 12.2. The van der Waals surface area contributed by atoms with Crippen LogP contribution in [-0.4, -0.2) is 56.1 Å². The summed E-state index contributed by atoms with van der Waals surface area (Å²) in [5.41, 5.74) is -2.39. The molecule has 3 N–H and O–H groups in total. The molecule has 1 spiro atoms. The van der Waals surface area contributed by atoms with Gasteiger partial charge in [-0.15, -0.1) is 0 Å². The SMILES string of the molecule is CC1=C[C@]23C(=O)[C@@H](C=C(CO)[C@@H](O)[C@]2(O)[C@H]1OC(=O)c1cccn1C1CC1)[C@H]1[C@@H](C[C@H]3C)C1(C)C. The Morgan fingerprint density at radius 2 is 2.00 bits per heavy atom. The minimum Gasteiger partial charge on any atom is -0.450 e. The predicted octanol–water partition coefficient (Wildman–Crippen LogP) is 2.82. The second-order valence-electron chi connectivity index (χ2n) is 12.2. The second kappa shape index (κ2) is 7.17. The Balaban J connectivity index is 1.45. The molecule has 1 aromatic rings. The highest BCUT2D eigenvalue weighted by atomic mass is 16.6. The highest BCUT2D eigenvalue weighted by molar-refractivity contribution is 5.96. The minimum absolute atomic E-state index is 0.0296. The number of hydrogen-bond donors (Lipinski definition) is 3. The summed E-state index contributed by atoms with van der Waals surface area (Å²) in [5.74, 6) is -1.15. The molecule has 1 aromatic heterocycles.